The second-order valence-electron chi connectivity index (χ2n) is 5.02. The Morgan fingerprint density at radius 2 is 1.09 bits per heavy atom. The van der Waals surface area contributed by atoms with Gasteiger partial charge in [0.15, 0.2) is 0 Å². The molecule has 2 N–H and O–H groups in total. The third-order valence-electron chi connectivity index (χ3n) is 3.08. The minimum absolute atomic E-state index is 0.135. The molecule has 6 heteroatoms. The van der Waals surface area contributed by atoms with Crippen LogP contribution in [0.3, 0.4) is 0 Å². The van der Waals surface area contributed by atoms with E-state index in [1.54, 1.807) is 0 Å². The quantitative estimate of drug-likeness (QED) is 0.353. The van der Waals surface area contributed by atoms with Crippen LogP contribution in [0.15, 0.2) is 0 Å². The maximum absolute atomic E-state index is 11.1. The number of ether oxygens (including phenoxy) is 2. The van der Waals surface area contributed by atoms with E-state index >= 15 is 0 Å². The monoisotopic (exact) mass is 316 g/mol. The van der Waals surface area contributed by atoms with Gasteiger partial charge in [-0.1, -0.05) is 12.8 Å². The van der Waals surface area contributed by atoms with Crippen molar-refractivity contribution in [3.05, 3.63) is 0 Å². The second kappa shape index (κ2) is 16.2. The lowest BCUT2D eigenvalue weighted by Gasteiger charge is -2.06. The van der Waals surface area contributed by atoms with E-state index in [2.05, 4.69) is 10.6 Å². The van der Waals surface area contributed by atoms with Gasteiger partial charge < -0.3 is 20.1 Å². The molecule has 0 fully saturated rings. The number of nitrogens with one attached hydrogen (secondary N) is 2. The van der Waals surface area contributed by atoms with Gasteiger partial charge in [0, 0.05) is 13.1 Å². The summed E-state index contributed by atoms with van der Waals surface area (Å²) in [7, 11) is 0. The predicted octanol–water partition coefficient (Wildman–Crippen LogP) is 1.63. The summed E-state index contributed by atoms with van der Waals surface area (Å²) >= 11 is 0. The minimum Gasteiger partial charge on any atom is -0.466 e. The molecule has 0 aliphatic rings. The van der Waals surface area contributed by atoms with Gasteiger partial charge >= 0.3 is 11.9 Å². The Morgan fingerprint density at radius 1 is 0.682 bits per heavy atom. The summed E-state index contributed by atoms with van der Waals surface area (Å²) < 4.78 is 9.69. The van der Waals surface area contributed by atoms with E-state index in [9.17, 15) is 9.59 Å². The SMILES string of the molecule is CCOC(=O)CCNCCCCCCNCCC(=O)OCC. The standard InChI is InChI=1S/C16H32N2O4/c1-3-21-15(19)9-13-17-11-7-5-6-8-12-18-14-10-16(20)22-4-2/h17-18H,3-14H2,1-2H3. The Morgan fingerprint density at radius 3 is 1.45 bits per heavy atom. The molecule has 0 heterocycles. The van der Waals surface area contributed by atoms with Gasteiger partial charge in [-0.2, -0.15) is 0 Å². The fourth-order valence-corrected chi connectivity index (χ4v) is 1.95. The van der Waals surface area contributed by atoms with Gasteiger partial charge in [0.05, 0.1) is 26.1 Å². The molecule has 0 bridgehead atoms. The Kier molecular flexibility index (Phi) is 15.4. The van der Waals surface area contributed by atoms with Crippen molar-refractivity contribution < 1.29 is 19.1 Å². The molecular formula is C16H32N2O4. The summed E-state index contributed by atoms with van der Waals surface area (Å²) in [5.41, 5.74) is 0. The average Bonchev–Trinajstić information content (AvgIpc) is 2.49. The van der Waals surface area contributed by atoms with E-state index in [0.29, 0.717) is 39.1 Å². The van der Waals surface area contributed by atoms with Crippen LogP contribution in [0.5, 0.6) is 0 Å². The zero-order valence-electron chi connectivity index (χ0n) is 14.1. The maximum Gasteiger partial charge on any atom is 0.307 e. The Labute approximate surface area is 134 Å². The lowest BCUT2D eigenvalue weighted by molar-refractivity contribution is -0.143. The molecular weight excluding hydrogens is 284 g/mol. The molecule has 0 saturated heterocycles. The number of hydrogen-bond acceptors (Lipinski definition) is 6. The van der Waals surface area contributed by atoms with Crippen LogP contribution in [-0.4, -0.2) is 51.3 Å². The van der Waals surface area contributed by atoms with Crippen molar-refractivity contribution in [2.45, 2.75) is 52.4 Å². The zero-order chi connectivity index (χ0) is 16.5. The molecule has 0 radical (unpaired) electrons. The first kappa shape index (κ1) is 20.9. The van der Waals surface area contributed by atoms with Crippen molar-refractivity contribution in [1.29, 1.82) is 0 Å². The van der Waals surface area contributed by atoms with Crippen molar-refractivity contribution in [1.82, 2.24) is 10.6 Å². The highest BCUT2D eigenvalue weighted by molar-refractivity contribution is 5.69. The molecule has 0 amide bonds. The van der Waals surface area contributed by atoms with Crippen molar-refractivity contribution in [3.8, 4) is 0 Å². The van der Waals surface area contributed by atoms with Gasteiger partial charge in [0.2, 0.25) is 0 Å². The van der Waals surface area contributed by atoms with Crippen LogP contribution in [0.2, 0.25) is 0 Å². The molecule has 0 atom stereocenters. The van der Waals surface area contributed by atoms with Crippen LogP contribution in [-0.2, 0) is 19.1 Å². The van der Waals surface area contributed by atoms with E-state index in [4.69, 9.17) is 9.47 Å². The van der Waals surface area contributed by atoms with E-state index in [1.165, 1.54) is 12.8 Å². The van der Waals surface area contributed by atoms with Crippen LogP contribution in [0.1, 0.15) is 52.4 Å². The van der Waals surface area contributed by atoms with Crippen LogP contribution in [0.25, 0.3) is 0 Å². The highest BCUT2D eigenvalue weighted by Gasteiger charge is 2.00. The number of unbranched alkanes of at least 4 members (excludes halogenated alkanes) is 3. The molecule has 0 unspecified atom stereocenters. The summed E-state index contributed by atoms with van der Waals surface area (Å²) in [4.78, 5) is 22.2. The molecule has 6 nitrogen and oxygen atoms in total. The van der Waals surface area contributed by atoms with Gasteiger partial charge in [0.1, 0.15) is 0 Å². The third kappa shape index (κ3) is 15.3. The van der Waals surface area contributed by atoms with Gasteiger partial charge in [-0.15, -0.1) is 0 Å². The zero-order valence-corrected chi connectivity index (χ0v) is 14.1. The lowest BCUT2D eigenvalue weighted by atomic mass is 10.2. The van der Waals surface area contributed by atoms with Crippen molar-refractivity contribution >= 4 is 11.9 Å². The molecule has 0 aliphatic heterocycles. The third-order valence-corrected chi connectivity index (χ3v) is 3.08. The predicted molar refractivity (Wildman–Crippen MR) is 86.7 cm³/mol. The van der Waals surface area contributed by atoms with Crippen molar-refractivity contribution in [2.24, 2.45) is 0 Å². The number of carbonyl (C=O) groups excluding carboxylic acids is 2. The topological polar surface area (TPSA) is 76.7 Å². The average molecular weight is 316 g/mol. The van der Waals surface area contributed by atoms with E-state index in [0.717, 1.165) is 25.9 Å². The highest BCUT2D eigenvalue weighted by atomic mass is 16.5. The molecule has 0 aliphatic carbocycles. The normalized spacial score (nSPS) is 10.5. The first-order valence-electron chi connectivity index (χ1n) is 8.43. The van der Waals surface area contributed by atoms with Crippen LogP contribution in [0, 0.1) is 0 Å². The van der Waals surface area contributed by atoms with Crippen LogP contribution < -0.4 is 10.6 Å². The van der Waals surface area contributed by atoms with E-state index in [-0.39, 0.29) is 11.9 Å². The molecule has 22 heavy (non-hydrogen) atoms. The molecule has 130 valence electrons. The van der Waals surface area contributed by atoms with Gasteiger partial charge in [0.25, 0.3) is 0 Å². The second-order valence-corrected chi connectivity index (χ2v) is 5.02. The summed E-state index contributed by atoms with van der Waals surface area (Å²) in [6.45, 7) is 7.79. The number of carbonyl (C=O) groups is 2. The number of rotatable bonds is 15. The summed E-state index contributed by atoms with van der Waals surface area (Å²) in [5.74, 6) is -0.271. The molecule has 0 saturated carbocycles. The fourth-order valence-electron chi connectivity index (χ4n) is 1.95. The maximum atomic E-state index is 11.1. The minimum atomic E-state index is -0.135. The smallest absolute Gasteiger partial charge is 0.307 e. The molecule has 0 rings (SSSR count). The molecule has 0 aromatic rings. The number of esters is 2. The Balaban J connectivity index is 3.11. The van der Waals surface area contributed by atoms with Crippen molar-refractivity contribution in [3.63, 3.8) is 0 Å². The lowest BCUT2D eigenvalue weighted by Crippen LogP contribution is -2.21. The van der Waals surface area contributed by atoms with Crippen LogP contribution >= 0.6 is 0 Å². The van der Waals surface area contributed by atoms with Crippen LogP contribution in [0.4, 0.5) is 0 Å². The first-order chi connectivity index (χ1) is 10.7. The Bertz CT molecular complexity index is 257. The number of hydrogen-bond donors (Lipinski definition) is 2. The summed E-state index contributed by atoms with van der Waals surface area (Å²) in [6, 6.07) is 0. The van der Waals surface area contributed by atoms with Gasteiger partial charge in [-0.05, 0) is 39.8 Å². The largest absolute Gasteiger partial charge is 0.466 e. The van der Waals surface area contributed by atoms with Crippen molar-refractivity contribution in [2.75, 3.05) is 39.4 Å². The van der Waals surface area contributed by atoms with Gasteiger partial charge in [-0.25, -0.2) is 0 Å². The molecule has 0 spiro atoms. The Hall–Kier alpha value is -1.14. The fraction of sp³-hybridized carbons (Fsp3) is 0.875. The summed E-state index contributed by atoms with van der Waals surface area (Å²) in [6.07, 6.45) is 5.46. The highest BCUT2D eigenvalue weighted by Crippen LogP contribution is 1.98. The van der Waals surface area contributed by atoms with Gasteiger partial charge in [-0.3, -0.25) is 9.59 Å². The molecule has 0 aromatic heterocycles. The summed E-state index contributed by atoms with van der Waals surface area (Å²) in [5, 5.41) is 6.48. The first-order valence-corrected chi connectivity index (χ1v) is 8.43. The molecule has 0 aromatic carbocycles. The van der Waals surface area contributed by atoms with E-state index < -0.39 is 0 Å². The van der Waals surface area contributed by atoms with E-state index in [1.807, 2.05) is 13.8 Å².